The minimum Gasteiger partial charge on any atom is -0.494 e. The van der Waals surface area contributed by atoms with Crippen LogP contribution in [0.1, 0.15) is 24.0 Å². The molecule has 28 heavy (non-hydrogen) atoms. The van der Waals surface area contributed by atoms with E-state index in [0.717, 1.165) is 16.5 Å². The number of hydrogen-bond acceptors (Lipinski definition) is 3. The normalized spacial score (nSPS) is 10.9. The molecule has 0 aliphatic rings. The van der Waals surface area contributed by atoms with Crippen LogP contribution in [0.25, 0.3) is 10.9 Å². The summed E-state index contributed by atoms with van der Waals surface area (Å²) in [5.74, 6) is -0.724. The number of nitrogens with zero attached hydrogens (tertiary/aromatic N) is 1. The van der Waals surface area contributed by atoms with Gasteiger partial charge in [-0.3, -0.25) is 9.59 Å². The molecule has 1 amide bonds. The summed E-state index contributed by atoms with van der Waals surface area (Å²) in [4.78, 5) is 22.2. The minimum atomic E-state index is -0.854. The summed E-state index contributed by atoms with van der Waals surface area (Å²) in [6.45, 7) is 0.856. The largest absolute Gasteiger partial charge is 0.494 e. The highest BCUT2D eigenvalue weighted by molar-refractivity contribution is 6.32. The zero-order valence-corrected chi connectivity index (χ0v) is 16.0. The summed E-state index contributed by atoms with van der Waals surface area (Å²) >= 11 is 6.61. The molecule has 1 aromatic heterocycles. The number of carboxylic acid groups (broad SMARTS) is 1. The lowest BCUT2D eigenvalue weighted by Gasteiger charge is -2.09. The van der Waals surface area contributed by atoms with Gasteiger partial charge >= 0.3 is 5.97 Å². The quantitative estimate of drug-likeness (QED) is 0.536. The number of primary amides is 1. The summed E-state index contributed by atoms with van der Waals surface area (Å²) in [5, 5.41) is 9.98. The van der Waals surface area contributed by atoms with Gasteiger partial charge in [0, 0.05) is 23.9 Å². The Morgan fingerprint density at radius 3 is 2.57 bits per heavy atom. The van der Waals surface area contributed by atoms with Crippen LogP contribution in [-0.2, 0) is 22.6 Å². The second-order valence-corrected chi connectivity index (χ2v) is 6.87. The molecular formula is C21H21ClN2O4. The van der Waals surface area contributed by atoms with Crippen molar-refractivity contribution in [2.75, 3.05) is 6.61 Å². The van der Waals surface area contributed by atoms with Gasteiger partial charge in [0.25, 0.3) is 0 Å². The monoisotopic (exact) mass is 400 g/mol. The first-order chi connectivity index (χ1) is 13.5. The molecule has 0 saturated heterocycles. The van der Waals surface area contributed by atoms with Gasteiger partial charge in [0.2, 0.25) is 5.91 Å². The second kappa shape index (κ2) is 8.80. The average Bonchev–Trinajstić information content (AvgIpc) is 2.91. The number of aliphatic carboxylic acids is 1. The number of halogens is 1. The molecule has 2 aromatic carbocycles. The SMILES string of the molecule is NC(=O)Cc1c(Cl)n(Cc2ccccc2)c2ccc(OCCCC(=O)O)cc12. The molecule has 0 spiro atoms. The Morgan fingerprint density at radius 2 is 1.89 bits per heavy atom. The van der Waals surface area contributed by atoms with Crippen molar-refractivity contribution in [3.8, 4) is 5.75 Å². The predicted octanol–water partition coefficient (Wildman–Crippen LogP) is 3.61. The summed E-state index contributed by atoms with van der Waals surface area (Å²) in [5.41, 5.74) is 8.04. The summed E-state index contributed by atoms with van der Waals surface area (Å²) in [7, 11) is 0. The van der Waals surface area contributed by atoms with Gasteiger partial charge in [0.15, 0.2) is 0 Å². The van der Waals surface area contributed by atoms with Gasteiger partial charge in [-0.1, -0.05) is 41.9 Å². The molecule has 0 bridgehead atoms. The maximum Gasteiger partial charge on any atom is 0.303 e. The first kappa shape index (κ1) is 19.8. The van der Waals surface area contributed by atoms with Crippen molar-refractivity contribution in [3.05, 3.63) is 64.8 Å². The third-order valence-corrected chi connectivity index (χ3v) is 4.84. The van der Waals surface area contributed by atoms with Crippen LogP contribution in [-0.4, -0.2) is 28.2 Å². The van der Waals surface area contributed by atoms with E-state index in [0.29, 0.717) is 36.0 Å². The molecule has 146 valence electrons. The third kappa shape index (κ3) is 4.64. The van der Waals surface area contributed by atoms with Crippen LogP contribution in [0, 0.1) is 0 Å². The molecule has 7 heteroatoms. The summed E-state index contributed by atoms with van der Waals surface area (Å²) in [6, 6.07) is 15.4. The molecule has 1 heterocycles. The Morgan fingerprint density at radius 1 is 1.14 bits per heavy atom. The smallest absolute Gasteiger partial charge is 0.303 e. The lowest BCUT2D eigenvalue weighted by Crippen LogP contribution is -2.13. The van der Waals surface area contributed by atoms with E-state index in [-0.39, 0.29) is 12.8 Å². The molecule has 0 atom stereocenters. The van der Waals surface area contributed by atoms with E-state index in [9.17, 15) is 9.59 Å². The zero-order chi connectivity index (χ0) is 20.1. The third-order valence-electron chi connectivity index (χ3n) is 4.41. The van der Waals surface area contributed by atoms with Gasteiger partial charge in [0.1, 0.15) is 10.9 Å². The number of carbonyl (C=O) groups excluding carboxylic acids is 1. The zero-order valence-electron chi connectivity index (χ0n) is 15.2. The maximum absolute atomic E-state index is 11.6. The number of nitrogens with two attached hydrogens (primary N) is 1. The minimum absolute atomic E-state index is 0.0274. The highest BCUT2D eigenvalue weighted by Crippen LogP contribution is 2.33. The van der Waals surface area contributed by atoms with Crippen molar-refractivity contribution in [1.29, 1.82) is 0 Å². The Hall–Kier alpha value is -2.99. The molecule has 0 fully saturated rings. The van der Waals surface area contributed by atoms with Crippen LogP contribution in [0.15, 0.2) is 48.5 Å². The maximum atomic E-state index is 11.6. The van der Waals surface area contributed by atoms with Crippen molar-refractivity contribution in [2.24, 2.45) is 5.73 Å². The molecule has 3 aromatic rings. The van der Waals surface area contributed by atoms with E-state index in [2.05, 4.69) is 0 Å². The van der Waals surface area contributed by atoms with Gasteiger partial charge in [-0.2, -0.15) is 0 Å². The molecule has 0 radical (unpaired) electrons. The second-order valence-electron chi connectivity index (χ2n) is 6.51. The van der Waals surface area contributed by atoms with Crippen molar-refractivity contribution in [2.45, 2.75) is 25.8 Å². The van der Waals surface area contributed by atoms with Crippen LogP contribution in [0.4, 0.5) is 0 Å². The van der Waals surface area contributed by atoms with Crippen molar-refractivity contribution < 1.29 is 19.4 Å². The van der Waals surface area contributed by atoms with E-state index in [1.165, 1.54) is 0 Å². The number of hydrogen-bond donors (Lipinski definition) is 2. The molecule has 3 rings (SSSR count). The number of fused-ring (bicyclic) bond motifs is 1. The highest BCUT2D eigenvalue weighted by atomic mass is 35.5. The number of ether oxygens (including phenoxy) is 1. The predicted molar refractivity (Wildman–Crippen MR) is 108 cm³/mol. The van der Waals surface area contributed by atoms with E-state index >= 15 is 0 Å². The van der Waals surface area contributed by atoms with Crippen LogP contribution < -0.4 is 10.5 Å². The topological polar surface area (TPSA) is 94.5 Å². The summed E-state index contributed by atoms with van der Waals surface area (Å²) in [6.07, 6.45) is 0.491. The number of amides is 1. The van der Waals surface area contributed by atoms with Crippen molar-refractivity contribution >= 4 is 34.4 Å². The average molecular weight is 401 g/mol. The fourth-order valence-electron chi connectivity index (χ4n) is 3.14. The van der Waals surface area contributed by atoms with Gasteiger partial charge < -0.3 is 20.1 Å². The number of rotatable bonds is 9. The Bertz CT molecular complexity index is 999. The van der Waals surface area contributed by atoms with Gasteiger partial charge in [-0.25, -0.2) is 0 Å². The molecule has 0 aliphatic carbocycles. The Labute approximate surface area is 167 Å². The first-order valence-corrected chi connectivity index (χ1v) is 9.31. The highest BCUT2D eigenvalue weighted by Gasteiger charge is 2.18. The van der Waals surface area contributed by atoms with Crippen LogP contribution in [0.3, 0.4) is 0 Å². The number of carbonyl (C=O) groups is 2. The Kier molecular flexibility index (Phi) is 6.21. The van der Waals surface area contributed by atoms with Gasteiger partial charge in [-0.05, 0) is 30.2 Å². The van der Waals surface area contributed by atoms with E-state index in [4.69, 9.17) is 27.2 Å². The van der Waals surface area contributed by atoms with E-state index in [1.54, 1.807) is 0 Å². The van der Waals surface area contributed by atoms with Gasteiger partial charge in [-0.15, -0.1) is 0 Å². The van der Waals surface area contributed by atoms with Crippen molar-refractivity contribution in [1.82, 2.24) is 4.57 Å². The number of benzene rings is 2. The lowest BCUT2D eigenvalue weighted by atomic mass is 10.1. The molecule has 0 aliphatic heterocycles. The fourth-order valence-corrected chi connectivity index (χ4v) is 3.46. The van der Waals surface area contributed by atoms with Gasteiger partial charge in [0.05, 0.1) is 18.5 Å². The standard InChI is InChI=1S/C21H21ClN2O4/c22-21-17(12-19(23)25)16-11-15(28-10-4-7-20(26)27)8-9-18(16)24(21)13-14-5-2-1-3-6-14/h1-3,5-6,8-9,11H,4,7,10,12-13H2,(H2,23,25)(H,26,27). The first-order valence-electron chi connectivity index (χ1n) is 8.93. The molecule has 0 unspecified atom stereocenters. The van der Waals surface area contributed by atoms with Crippen LogP contribution >= 0.6 is 11.6 Å². The van der Waals surface area contributed by atoms with E-state index in [1.807, 2.05) is 53.1 Å². The fraction of sp³-hybridized carbons (Fsp3) is 0.238. The molecule has 6 nitrogen and oxygen atoms in total. The van der Waals surface area contributed by atoms with Crippen LogP contribution in [0.5, 0.6) is 5.75 Å². The molecule has 0 saturated carbocycles. The molecule has 3 N–H and O–H groups in total. The molecular weight excluding hydrogens is 380 g/mol. The van der Waals surface area contributed by atoms with E-state index < -0.39 is 11.9 Å². The number of carboxylic acids is 1. The summed E-state index contributed by atoms with van der Waals surface area (Å²) < 4.78 is 7.60. The van der Waals surface area contributed by atoms with Crippen LogP contribution in [0.2, 0.25) is 5.15 Å². The lowest BCUT2D eigenvalue weighted by molar-refractivity contribution is -0.137. The van der Waals surface area contributed by atoms with Crippen molar-refractivity contribution in [3.63, 3.8) is 0 Å². The Balaban J connectivity index is 1.94. The number of aromatic nitrogens is 1.